The second kappa shape index (κ2) is 4.35. The molecule has 0 unspecified atom stereocenters. The van der Waals surface area contributed by atoms with E-state index in [2.05, 4.69) is 54.5 Å². The van der Waals surface area contributed by atoms with Crippen molar-refractivity contribution in [2.75, 3.05) is 31.1 Å². The van der Waals surface area contributed by atoms with Crippen molar-refractivity contribution in [1.82, 2.24) is 15.5 Å². The van der Waals surface area contributed by atoms with Crippen LogP contribution < -0.4 is 10.2 Å². The van der Waals surface area contributed by atoms with Gasteiger partial charge in [0.25, 0.3) is 0 Å². The Morgan fingerprint density at radius 2 is 2.00 bits per heavy atom. The van der Waals surface area contributed by atoms with E-state index in [1.54, 1.807) is 0 Å². The monoisotopic (exact) mass is 318 g/mol. The van der Waals surface area contributed by atoms with E-state index in [9.17, 15) is 0 Å². The van der Waals surface area contributed by atoms with Gasteiger partial charge in [-0.1, -0.05) is 28.1 Å². The Balaban J connectivity index is 1.77. The molecule has 1 fully saturated rings. The van der Waals surface area contributed by atoms with E-state index in [1.807, 2.05) is 0 Å². The number of piperazine rings is 1. The SMILES string of the molecule is Brc1cccc2c1Cc1c(N3CCNCC3)n[nH]c1-2. The Hall–Kier alpha value is -1.33. The maximum atomic E-state index is 4.55. The van der Waals surface area contributed by atoms with Gasteiger partial charge in [0, 0.05) is 48.2 Å². The zero-order valence-electron chi connectivity index (χ0n) is 10.5. The van der Waals surface area contributed by atoms with Crippen LogP contribution in [0.4, 0.5) is 5.82 Å². The third-order valence-corrected chi connectivity index (χ3v) is 4.75. The highest BCUT2D eigenvalue weighted by Crippen LogP contribution is 2.42. The summed E-state index contributed by atoms with van der Waals surface area (Å²) < 4.78 is 1.20. The number of aromatic nitrogens is 2. The van der Waals surface area contributed by atoms with E-state index < -0.39 is 0 Å². The second-order valence-corrected chi connectivity index (χ2v) is 5.93. The molecule has 4 nitrogen and oxygen atoms in total. The van der Waals surface area contributed by atoms with Gasteiger partial charge in [-0.2, -0.15) is 5.10 Å². The van der Waals surface area contributed by atoms with Gasteiger partial charge in [-0.25, -0.2) is 0 Å². The molecule has 19 heavy (non-hydrogen) atoms. The van der Waals surface area contributed by atoms with Crippen molar-refractivity contribution in [3.8, 4) is 11.3 Å². The lowest BCUT2D eigenvalue weighted by atomic mass is 10.1. The van der Waals surface area contributed by atoms with Gasteiger partial charge in [-0.3, -0.25) is 5.10 Å². The van der Waals surface area contributed by atoms with Crippen LogP contribution in [0.1, 0.15) is 11.1 Å². The van der Waals surface area contributed by atoms with Crippen LogP contribution in [0.3, 0.4) is 0 Å². The summed E-state index contributed by atoms with van der Waals surface area (Å²) in [5, 5.41) is 11.2. The Morgan fingerprint density at radius 1 is 1.16 bits per heavy atom. The van der Waals surface area contributed by atoms with E-state index >= 15 is 0 Å². The average Bonchev–Trinajstić information content (AvgIpc) is 3.00. The number of nitrogens with zero attached hydrogens (tertiary/aromatic N) is 2. The molecule has 2 aliphatic rings. The van der Waals surface area contributed by atoms with Gasteiger partial charge in [-0.15, -0.1) is 0 Å². The zero-order valence-corrected chi connectivity index (χ0v) is 12.1. The van der Waals surface area contributed by atoms with Crippen LogP contribution in [0.25, 0.3) is 11.3 Å². The van der Waals surface area contributed by atoms with Gasteiger partial charge < -0.3 is 10.2 Å². The predicted octanol–water partition coefficient (Wildman–Crippen LogP) is 2.15. The topological polar surface area (TPSA) is 44.0 Å². The maximum absolute atomic E-state index is 4.55. The van der Waals surface area contributed by atoms with Crippen molar-refractivity contribution in [2.24, 2.45) is 0 Å². The number of anilines is 1. The third-order valence-electron chi connectivity index (χ3n) is 4.00. The summed E-state index contributed by atoms with van der Waals surface area (Å²) in [6.45, 7) is 4.15. The molecule has 0 saturated carbocycles. The van der Waals surface area contributed by atoms with Crippen LogP contribution in [0, 0.1) is 0 Å². The lowest BCUT2D eigenvalue weighted by Crippen LogP contribution is -2.44. The Labute approximate surface area is 120 Å². The van der Waals surface area contributed by atoms with E-state index in [0.29, 0.717) is 0 Å². The molecular formula is C14H15BrN4. The highest BCUT2D eigenvalue weighted by Gasteiger charge is 2.28. The Bertz CT molecular complexity index is 628. The van der Waals surface area contributed by atoms with E-state index in [0.717, 1.165) is 38.4 Å². The minimum absolute atomic E-state index is 0.974. The summed E-state index contributed by atoms with van der Waals surface area (Å²) >= 11 is 3.65. The summed E-state index contributed by atoms with van der Waals surface area (Å²) in [5.74, 6) is 1.14. The number of rotatable bonds is 1. The number of nitrogens with one attached hydrogen (secondary N) is 2. The molecule has 1 aromatic heterocycles. The highest BCUT2D eigenvalue weighted by molar-refractivity contribution is 9.10. The number of hydrogen-bond acceptors (Lipinski definition) is 3. The molecule has 2 N–H and O–H groups in total. The zero-order chi connectivity index (χ0) is 12.8. The van der Waals surface area contributed by atoms with Crippen LogP contribution in [-0.2, 0) is 6.42 Å². The van der Waals surface area contributed by atoms with Crippen LogP contribution in [0.15, 0.2) is 22.7 Å². The molecule has 98 valence electrons. The first-order valence-electron chi connectivity index (χ1n) is 6.65. The first-order valence-corrected chi connectivity index (χ1v) is 7.44. The second-order valence-electron chi connectivity index (χ2n) is 5.08. The summed E-state index contributed by atoms with van der Waals surface area (Å²) in [6.07, 6.45) is 0.974. The highest BCUT2D eigenvalue weighted by atomic mass is 79.9. The quantitative estimate of drug-likeness (QED) is 0.722. The minimum atomic E-state index is 0.974. The van der Waals surface area contributed by atoms with Crippen molar-refractivity contribution in [1.29, 1.82) is 0 Å². The van der Waals surface area contributed by atoms with Crippen LogP contribution in [0.2, 0.25) is 0 Å². The molecule has 1 aromatic carbocycles. The first-order chi connectivity index (χ1) is 9.34. The predicted molar refractivity (Wildman–Crippen MR) is 79.6 cm³/mol. The molecule has 0 bridgehead atoms. The van der Waals surface area contributed by atoms with Crippen molar-refractivity contribution in [3.63, 3.8) is 0 Å². The molecule has 4 rings (SSSR count). The van der Waals surface area contributed by atoms with Crippen LogP contribution in [-0.4, -0.2) is 36.4 Å². The molecule has 1 aliphatic carbocycles. The summed E-state index contributed by atoms with van der Waals surface area (Å²) in [5.41, 5.74) is 5.22. The van der Waals surface area contributed by atoms with Crippen molar-refractivity contribution in [3.05, 3.63) is 33.8 Å². The standard InChI is InChI=1S/C14H15BrN4/c15-12-3-1-2-9-10(12)8-11-13(9)17-18-14(11)19-6-4-16-5-7-19/h1-3,16H,4-8H2,(H,17,18). The number of fused-ring (bicyclic) bond motifs is 3. The summed E-state index contributed by atoms with van der Waals surface area (Å²) in [7, 11) is 0. The molecule has 0 amide bonds. The van der Waals surface area contributed by atoms with Gasteiger partial charge in [0.2, 0.25) is 0 Å². The summed E-state index contributed by atoms with van der Waals surface area (Å²) in [6, 6.07) is 6.37. The Kier molecular flexibility index (Phi) is 2.63. The molecule has 2 aromatic rings. The largest absolute Gasteiger partial charge is 0.352 e. The lowest BCUT2D eigenvalue weighted by Gasteiger charge is -2.28. The number of halogens is 1. The molecule has 0 spiro atoms. The van der Waals surface area contributed by atoms with E-state index in [1.165, 1.54) is 26.9 Å². The number of H-pyrrole nitrogens is 1. The van der Waals surface area contributed by atoms with E-state index in [-0.39, 0.29) is 0 Å². The third kappa shape index (κ3) is 1.72. The van der Waals surface area contributed by atoms with Gasteiger partial charge >= 0.3 is 0 Å². The average molecular weight is 319 g/mol. The lowest BCUT2D eigenvalue weighted by molar-refractivity contribution is 0.583. The first kappa shape index (κ1) is 11.5. The van der Waals surface area contributed by atoms with Crippen LogP contribution in [0.5, 0.6) is 0 Å². The van der Waals surface area contributed by atoms with Crippen LogP contribution >= 0.6 is 15.9 Å². The van der Waals surface area contributed by atoms with Gasteiger partial charge in [-0.05, 0) is 11.6 Å². The molecule has 1 aliphatic heterocycles. The van der Waals surface area contributed by atoms with Gasteiger partial charge in [0.05, 0.1) is 5.69 Å². The number of benzene rings is 1. The fourth-order valence-corrected chi connectivity index (χ4v) is 3.54. The van der Waals surface area contributed by atoms with Gasteiger partial charge in [0.15, 0.2) is 5.82 Å². The van der Waals surface area contributed by atoms with E-state index in [4.69, 9.17) is 0 Å². The molecule has 0 atom stereocenters. The molecule has 0 radical (unpaired) electrons. The smallest absolute Gasteiger partial charge is 0.154 e. The maximum Gasteiger partial charge on any atom is 0.154 e. The number of hydrogen-bond donors (Lipinski definition) is 2. The molecule has 5 heteroatoms. The molecular weight excluding hydrogens is 304 g/mol. The normalized spacial score (nSPS) is 17.4. The van der Waals surface area contributed by atoms with Crippen molar-refractivity contribution < 1.29 is 0 Å². The Morgan fingerprint density at radius 3 is 2.84 bits per heavy atom. The number of aromatic amines is 1. The molecule has 1 saturated heterocycles. The van der Waals surface area contributed by atoms with Crippen molar-refractivity contribution >= 4 is 21.7 Å². The van der Waals surface area contributed by atoms with Gasteiger partial charge in [0.1, 0.15) is 0 Å². The summed E-state index contributed by atoms with van der Waals surface area (Å²) in [4.78, 5) is 2.38. The van der Waals surface area contributed by atoms with Crippen molar-refractivity contribution in [2.45, 2.75) is 6.42 Å². The molecule has 2 heterocycles. The minimum Gasteiger partial charge on any atom is -0.352 e. The fourth-order valence-electron chi connectivity index (χ4n) is 3.03. The fraction of sp³-hybridized carbons (Fsp3) is 0.357.